The first-order valence-corrected chi connectivity index (χ1v) is 5.48. The van der Waals surface area contributed by atoms with Crippen molar-refractivity contribution in [2.24, 2.45) is 0 Å². The zero-order chi connectivity index (χ0) is 11.4. The number of benzene rings is 1. The van der Waals surface area contributed by atoms with E-state index in [-0.39, 0.29) is 18.2 Å². The van der Waals surface area contributed by atoms with Gasteiger partial charge in [-0.3, -0.25) is 0 Å². The minimum Gasteiger partial charge on any atom is -0.443 e. The Morgan fingerprint density at radius 3 is 2.88 bits per heavy atom. The molecule has 0 unspecified atom stereocenters. The molecule has 1 fully saturated rings. The summed E-state index contributed by atoms with van der Waals surface area (Å²) < 4.78 is 5.04. The van der Waals surface area contributed by atoms with Crippen LogP contribution in [0.4, 0.5) is 4.79 Å². The fourth-order valence-electron chi connectivity index (χ4n) is 1.71. The van der Waals surface area contributed by atoms with Crippen molar-refractivity contribution in [2.45, 2.75) is 19.1 Å². The lowest BCUT2D eigenvalue weighted by Gasteiger charge is -2.16. The molecule has 0 aromatic heterocycles. The average Bonchev–Trinajstić information content (AvgIpc) is 2.73. The molecule has 0 aliphatic carbocycles. The zero-order valence-corrected chi connectivity index (χ0v) is 9.27. The minimum atomic E-state index is -0.320. The van der Waals surface area contributed by atoms with E-state index >= 15 is 0 Å². The third-order valence-corrected chi connectivity index (χ3v) is 2.70. The number of alkyl carbamates (subject to hydrolysis) is 1. The Morgan fingerprint density at radius 1 is 1.50 bits per heavy atom. The highest BCUT2D eigenvalue weighted by molar-refractivity contribution is 5.69. The van der Waals surface area contributed by atoms with Crippen molar-refractivity contribution in [3.8, 4) is 0 Å². The second-order valence-electron chi connectivity index (χ2n) is 3.95. The summed E-state index contributed by atoms with van der Waals surface area (Å²) in [6.07, 6.45) is -0.377. The van der Waals surface area contributed by atoms with Crippen LogP contribution in [0.3, 0.4) is 0 Å². The van der Waals surface area contributed by atoms with Crippen LogP contribution in [-0.4, -0.2) is 25.3 Å². The van der Waals surface area contributed by atoms with Crippen LogP contribution < -0.4 is 10.6 Å². The summed E-state index contributed by atoms with van der Waals surface area (Å²) in [6.45, 7) is 3.36. The van der Waals surface area contributed by atoms with Gasteiger partial charge in [0.05, 0.1) is 6.54 Å². The first kappa shape index (κ1) is 11.0. The van der Waals surface area contributed by atoms with Crippen LogP contribution in [0.15, 0.2) is 30.3 Å². The molecule has 0 spiro atoms. The molecule has 1 amide bonds. The van der Waals surface area contributed by atoms with E-state index in [2.05, 4.69) is 29.7 Å². The van der Waals surface area contributed by atoms with Crippen molar-refractivity contribution in [1.29, 1.82) is 0 Å². The Bertz CT molecular complexity index is 353. The van der Waals surface area contributed by atoms with Gasteiger partial charge in [0.2, 0.25) is 0 Å². The van der Waals surface area contributed by atoms with E-state index in [9.17, 15) is 4.79 Å². The van der Waals surface area contributed by atoms with Gasteiger partial charge in [0.15, 0.2) is 0 Å². The number of rotatable bonds is 4. The molecule has 1 heterocycles. The summed E-state index contributed by atoms with van der Waals surface area (Å²) in [6, 6.07) is 10.5. The Kier molecular flexibility index (Phi) is 3.41. The molecule has 0 bridgehead atoms. The molecule has 0 saturated carbocycles. The smallest absolute Gasteiger partial charge is 0.407 e. The third kappa shape index (κ3) is 2.73. The van der Waals surface area contributed by atoms with E-state index in [0.717, 1.165) is 0 Å². The molecule has 1 aliphatic rings. The molecular weight excluding hydrogens is 204 g/mol. The van der Waals surface area contributed by atoms with E-state index in [1.54, 1.807) is 0 Å². The van der Waals surface area contributed by atoms with Crippen LogP contribution in [0.5, 0.6) is 0 Å². The predicted octanol–water partition coefficient (Wildman–Crippen LogP) is 1.45. The van der Waals surface area contributed by atoms with Gasteiger partial charge >= 0.3 is 6.09 Å². The molecule has 4 nitrogen and oxygen atoms in total. The van der Waals surface area contributed by atoms with Gasteiger partial charge in [0.25, 0.3) is 0 Å². The molecule has 16 heavy (non-hydrogen) atoms. The van der Waals surface area contributed by atoms with Gasteiger partial charge in [-0.25, -0.2) is 4.79 Å². The van der Waals surface area contributed by atoms with Crippen molar-refractivity contribution < 1.29 is 9.53 Å². The van der Waals surface area contributed by atoms with Crippen molar-refractivity contribution in [3.63, 3.8) is 0 Å². The molecule has 0 radical (unpaired) electrons. The van der Waals surface area contributed by atoms with Gasteiger partial charge in [-0.1, -0.05) is 30.3 Å². The van der Waals surface area contributed by atoms with Gasteiger partial charge in [0, 0.05) is 12.6 Å². The molecule has 2 atom stereocenters. The van der Waals surface area contributed by atoms with Gasteiger partial charge in [-0.2, -0.15) is 0 Å². The average molecular weight is 220 g/mol. The van der Waals surface area contributed by atoms with Gasteiger partial charge in [-0.15, -0.1) is 0 Å². The number of amides is 1. The highest BCUT2D eigenvalue weighted by atomic mass is 16.6. The quantitative estimate of drug-likeness (QED) is 0.807. The van der Waals surface area contributed by atoms with E-state index < -0.39 is 0 Å². The first-order valence-electron chi connectivity index (χ1n) is 5.48. The molecule has 2 rings (SSSR count). The third-order valence-electron chi connectivity index (χ3n) is 2.70. The lowest BCUT2D eigenvalue weighted by molar-refractivity contribution is 0.138. The summed E-state index contributed by atoms with van der Waals surface area (Å²) >= 11 is 0. The molecule has 1 aliphatic heterocycles. The Balaban J connectivity index is 1.80. The molecule has 86 valence electrons. The number of cyclic esters (lactones) is 1. The summed E-state index contributed by atoms with van der Waals surface area (Å²) in [4.78, 5) is 10.8. The Labute approximate surface area is 95.0 Å². The van der Waals surface area contributed by atoms with Crippen molar-refractivity contribution >= 4 is 6.09 Å². The van der Waals surface area contributed by atoms with Crippen LogP contribution in [0, 0.1) is 0 Å². The number of carbonyl (C=O) groups is 1. The predicted molar refractivity (Wildman–Crippen MR) is 61.1 cm³/mol. The highest BCUT2D eigenvalue weighted by Gasteiger charge is 2.22. The summed E-state index contributed by atoms with van der Waals surface area (Å²) in [5.41, 5.74) is 1.24. The molecule has 1 aromatic rings. The minimum absolute atomic E-state index is 0.0568. The van der Waals surface area contributed by atoms with Crippen molar-refractivity contribution in [1.82, 2.24) is 10.6 Å². The number of nitrogens with one attached hydrogen (secondary N) is 2. The number of ether oxygens (including phenoxy) is 1. The van der Waals surface area contributed by atoms with E-state index in [1.165, 1.54) is 5.56 Å². The molecule has 1 saturated heterocycles. The Hall–Kier alpha value is -1.55. The lowest BCUT2D eigenvalue weighted by Crippen LogP contribution is -2.31. The van der Waals surface area contributed by atoms with Crippen LogP contribution in [-0.2, 0) is 4.74 Å². The summed E-state index contributed by atoms with van der Waals surface area (Å²) in [5, 5.41) is 5.98. The maximum absolute atomic E-state index is 10.8. The van der Waals surface area contributed by atoms with Crippen LogP contribution >= 0.6 is 0 Å². The van der Waals surface area contributed by atoms with E-state index in [4.69, 9.17) is 4.74 Å². The fraction of sp³-hybridized carbons (Fsp3) is 0.417. The maximum Gasteiger partial charge on any atom is 0.407 e. The monoisotopic (exact) mass is 220 g/mol. The van der Waals surface area contributed by atoms with Crippen LogP contribution in [0.1, 0.15) is 18.5 Å². The summed E-state index contributed by atoms with van der Waals surface area (Å²) in [5.74, 6) is 0. The van der Waals surface area contributed by atoms with Crippen molar-refractivity contribution in [2.75, 3.05) is 13.1 Å². The topological polar surface area (TPSA) is 50.4 Å². The maximum atomic E-state index is 10.8. The zero-order valence-electron chi connectivity index (χ0n) is 9.27. The van der Waals surface area contributed by atoms with Crippen LogP contribution in [0.2, 0.25) is 0 Å². The van der Waals surface area contributed by atoms with Gasteiger partial charge in [0.1, 0.15) is 6.10 Å². The molecular formula is C12H16N2O2. The first-order chi connectivity index (χ1) is 7.75. The second-order valence-corrected chi connectivity index (χ2v) is 3.95. The van der Waals surface area contributed by atoms with Gasteiger partial charge < -0.3 is 15.4 Å². The SMILES string of the molecule is C[C@H](NC[C@H]1CNC(=O)O1)c1ccccc1. The lowest BCUT2D eigenvalue weighted by atomic mass is 10.1. The number of hydrogen-bond acceptors (Lipinski definition) is 3. The largest absolute Gasteiger partial charge is 0.443 e. The molecule has 2 N–H and O–H groups in total. The Morgan fingerprint density at radius 2 is 2.25 bits per heavy atom. The fourth-order valence-corrected chi connectivity index (χ4v) is 1.71. The number of hydrogen-bond donors (Lipinski definition) is 2. The van der Waals surface area contributed by atoms with Crippen LogP contribution in [0.25, 0.3) is 0 Å². The van der Waals surface area contributed by atoms with E-state index in [1.807, 2.05) is 18.2 Å². The standard InChI is InChI=1S/C12H16N2O2/c1-9(10-5-3-2-4-6-10)13-7-11-8-14-12(15)16-11/h2-6,9,11,13H,7-8H2,1H3,(H,14,15)/t9-,11-/m0/s1. The van der Waals surface area contributed by atoms with Crippen molar-refractivity contribution in [3.05, 3.63) is 35.9 Å². The number of carbonyl (C=O) groups excluding carboxylic acids is 1. The van der Waals surface area contributed by atoms with Gasteiger partial charge in [-0.05, 0) is 12.5 Å². The second kappa shape index (κ2) is 4.99. The molecule has 4 heteroatoms. The normalized spacial score (nSPS) is 21.3. The van der Waals surface area contributed by atoms with E-state index in [0.29, 0.717) is 13.1 Å². The molecule has 1 aromatic carbocycles. The highest BCUT2D eigenvalue weighted by Crippen LogP contribution is 2.11. The summed E-state index contributed by atoms with van der Waals surface area (Å²) in [7, 11) is 0.